The van der Waals surface area contributed by atoms with Crippen molar-refractivity contribution in [3.8, 4) is 5.75 Å². The van der Waals surface area contributed by atoms with Crippen LogP contribution >= 0.6 is 0 Å². The minimum Gasteiger partial charge on any atom is -0.478 e. The maximum absolute atomic E-state index is 10.7. The summed E-state index contributed by atoms with van der Waals surface area (Å²) < 4.78 is 10.1. The van der Waals surface area contributed by atoms with Crippen molar-refractivity contribution in [1.82, 2.24) is 0 Å². The van der Waals surface area contributed by atoms with Crippen LogP contribution in [-0.4, -0.2) is 24.5 Å². The highest BCUT2D eigenvalue weighted by molar-refractivity contribution is 5.94. The van der Waals surface area contributed by atoms with Gasteiger partial charge < -0.3 is 20.3 Å². The summed E-state index contributed by atoms with van der Waals surface area (Å²) in [6, 6.07) is 4.46. The van der Waals surface area contributed by atoms with E-state index in [0.29, 0.717) is 12.4 Å². The summed E-state index contributed by atoms with van der Waals surface area (Å²) in [4.78, 5) is 10.7. The standard InChI is InChI=1S/C10H13NO4/c1-2-14-6-15-7-3-4-9(11)8(5-7)10(12)13/h3-5H,2,6,11H2,1H3,(H,12,13). The zero-order valence-electron chi connectivity index (χ0n) is 8.40. The Hall–Kier alpha value is -1.75. The van der Waals surface area contributed by atoms with Crippen LogP contribution in [0.15, 0.2) is 18.2 Å². The number of ether oxygens (including phenoxy) is 2. The molecule has 1 aromatic rings. The number of carboxylic acids is 1. The molecular formula is C10H13NO4. The molecule has 0 radical (unpaired) electrons. The van der Waals surface area contributed by atoms with Crippen molar-refractivity contribution < 1.29 is 19.4 Å². The Balaban J connectivity index is 2.74. The van der Waals surface area contributed by atoms with Crippen molar-refractivity contribution in [3.63, 3.8) is 0 Å². The Kier molecular flexibility index (Phi) is 3.93. The molecule has 1 rings (SSSR count). The monoisotopic (exact) mass is 211 g/mol. The zero-order chi connectivity index (χ0) is 11.3. The molecule has 15 heavy (non-hydrogen) atoms. The molecule has 0 saturated carbocycles. The van der Waals surface area contributed by atoms with Crippen LogP contribution in [0.4, 0.5) is 5.69 Å². The molecule has 0 spiro atoms. The number of aromatic carboxylic acids is 1. The predicted octanol–water partition coefficient (Wildman–Crippen LogP) is 1.34. The molecule has 5 heteroatoms. The third-order valence-electron chi connectivity index (χ3n) is 1.77. The maximum atomic E-state index is 10.7. The second-order valence-corrected chi connectivity index (χ2v) is 2.81. The number of anilines is 1. The van der Waals surface area contributed by atoms with Crippen LogP contribution in [0.3, 0.4) is 0 Å². The van der Waals surface area contributed by atoms with Crippen molar-refractivity contribution in [2.75, 3.05) is 19.1 Å². The number of carbonyl (C=O) groups is 1. The molecule has 82 valence electrons. The summed E-state index contributed by atoms with van der Waals surface area (Å²) >= 11 is 0. The first kappa shape index (κ1) is 11.3. The van der Waals surface area contributed by atoms with Gasteiger partial charge in [0.25, 0.3) is 0 Å². The molecule has 0 amide bonds. The maximum Gasteiger partial charge on any atom is 0.337 e. The van der Waals surface area contributed by atoms with Crippen LogP contribution < -0.4 is 10.5 Å². The van der Waals surface area contributed by atoms with E-state index in [1.54, 1.807) is 6.07 Å². The summed E-state index contributed by atoms with van der Waals surface area (Å²) in [7, 11) is 0. The Bertz CT molecular complexity index is 351. The SMILES string of the molecule is CCOCOc1ccc(N)c(C(=O)O)c1. The summed E-state index contributed by atoms with van der Waals surface area (Å²) in [5.41, 5.74) is 5.72. The van der Waals surface area contributed by atoms with Crippen molar-refractivity contribution >= 4 is 11.7 Å². The molecule has 0 saturated heterocycles. The highest BCUT2D eigenvalue weighted by Crippen LogP contribution is 2.19. The molecule has 5 nitrogen and oxygen atoms in total. The van der Waals surface area contributed by atoms with Gasteiger partial charge in [-0.1, -0.05) is 0 Å². The van der Waals surface area contributed by atoms with E-state index < -0.39 is 5.97 Å². The number of benzene rings is 1. The van der Waals surface area contributed by atoms with E-state index in [0.717, 1.165) is 0 Å². The van der Waals surface area contributed by atoms with Gasteiger partial charge in [-0.2, -0.15) is 0 Å². The molecule has 0 heterocycles. The first-order valence-corrected chi connectivity index (χ1v) is 4.48. The van der Waals surface area contributed by atoms with Gasteiger partial charge in [0, 0.05) is 12.3 Å². The molecule has 0 bridgehead atoms. The quantitative estimate of drug-likeness (QED) is 0.436. The summed E-state index contributed by atoms with van der Waals surface area (Å²) in [6.45, 7) is 2.48. The average molecular weight is 211 g/mol. The fourth-order valence-corrected chi connectivity index (χ4v) is 1.00. The van der Waals surface area contributed by atoms with E-state index >= 15 is 0 Å². The highest BCUT2D eigenvalue weighted by atomic mass is 16.7. The number of hydrogen-bond donors (Lipinski definition) is 2. The van der Waals surface area contributed by atoms with Crippen molar-refractivity contribution in [3.05, 3.63) is 23.8 Å². The lowest BCUT2D eigenvalue weighted by Gasteiger charge is -2.07. The van der Waals surface area contributed by atoms with E-state index in [2.05, 4.69) is 0 Å². The van der Waals surface area contributed by atoms with E-state index in [4.69, 9.17) is 20.3 Å². The van der Waals surface area contributed by atoms with Crippen LogP contribution in [0.1, 0.15) is 17.3 Å². The van der Waals surface area contributed by atoms with Crippen LogP contribution in [0, 0.1) is 0 Å². The number of carboxylic acid groups (broad SMARTS) is 1. The van der Waals surface area contributed by atoms with Gasteiger partial charge in [0.2, 0.25) is 0 Å². The molecule has 1 aromatic carbocycles. The lowest BCUT2D eigenvalue weighted by Crippen LogP contribution is -2.05. The third-order valence-corrected chi connectivity index (χ3v) is 1.77. The molecule has 0 aliphatic heterocycles. The molecule has 0 unspecified atom stereocenters. The van der Waals surface area contributed by atoms with Crippen molar-refractivity contribution in [2.45, 2.75) is 6.92 Å². The minimum atomic E-state index is -1.07. The molecule has 0 fully saturated rings. The molecule has 0 aliphatic rings. The molecule has 0 aliphatic carbocycles. The molecule has 0 atom stereocenters. The first-order chi connectivity index (χ1) is 7.15. The summed E-state index contributed by atoms with van der Waals surface area (Å²) in [5, 5.41) is 8.79. The number of rotatable bonds is 5. The van der Waals surface area contributed by atoms with Crippen LogP contribution in [0.5, 0.6) is 5.75 Å². The topological polar surface area (TPSA) is 81.8 Å². The van der Waals surface area contributed by atoms with Gasteiger partial charge in [-0.05, 0) is 25.1 Å². The van der Waals surface area contributed by atoms with Gasteiger partial charge in [0.1, 0.15) is 5.75 Å². The second kappa shape index (κ2) is 5.21. The van der Waals surface area contributed by atoms with Crippen LogP contribution in [0.2, 0.25) is 0 Å². The van der Waals surface area contributed by atoms with Crippen molar-refractivity contribution in [1.29, 1.82) is 0 Å². The Morgan fingerprint density at radius 3 is 2.87 bits per heavy atom. The summed E-state index contributed by atoms with van der Waals surface area (Å²) in [5.74, 6) is -0.649. The van der Waals surface area contributed by atoms with Gasteiger partial charge >= 0.3 is 5.97 Å². The Labute approximate surface area is 87.4 Å². The predicted molar refractivity (Wildman–Crippen MR) is 54.9 cm³/mol. The van der Waals surface area contributed by atoms with Gasteiger partial charge in [-0.3, -0.25) is 0 Å². The van der Waals surface area contributed by atoms with Crippen LogP contribution in [0.25, 0.3) is 0 Å². The molecule has 0 aromatic heterocycles. The second-order valence-electron chi connectivity index (χ2n) is 2.81. The van der Waals surface area contributed by atoms with Gasteiger partial charge in [0.05, 0.1) is 5.56 Å². The largest absolute Gasteiger partial charge is 0.478 e. The minimum absolute atomic E-state index is 0.0315. The van der Waals surface area contributed by atoms with Gasteiger partial charge in [-0.25, -0.2) is 4.79 Å². The zero-order valence-corrected chi connectivity index (χ0v) is 8.40. The highest BCUT2D eigenvalue weighted by Gasteiger charge is 2.08. The third kappa shape index (κ3) is 3.14. The lowest BCUT2D eigenvalue weighted by molar-refractivity contribution is 0.0223. The Morgan fingerprint density at radius 2 is 2.27 bits per heavy atom. The molecule has 3 N–H and O–H groups in total. The van der Waals surface area contributed by atoms with E-state index in [9.17, 15) is 4.79 Å². The van der Waals surface area contributed by atoms with E-state index in [-0.39, 0.29) is 18.0 Å². The fraction of sp³-hybridized carbons (Fsp3) is 0.300. The van der Waals surface area contributed by atoms with Crippen LogP contribution in [-0.2, 0) is 4.74 Å². The smallest absolute Gasteiger partial charge is 0.337 e. The van der Waals surface area contributed by atoms with Crippen molar-refractivity contribution in [2.24, 2.45) is 0 Å². The van der Waals surface area contributed by atoms with E-state index in [1.165, 1.54) is 12.1 Å². The van der Waals surface area contributed by atoms with Gasteiger partial charge in [0.15, 0.2) is 6.79 Å². The first-order valence-electron chi connectivity index (χ1n) is 4.48. The number of nitrogens with two attached hydrogens (primary N) is 1. The van der Waals surface area contributed by atoms with E-state index in [1.807, 2.05) is 6.92 Å². The lowest BCUT2D eigenvalue weighted by atomic mass is 10.2. The molecular weight excluding hydrogens is 198 g/mol. The number of hydrogen-bond acceptors (Lipinski definition) is 4. The normalized spacial score (nSPS) is 9.93. The average Bonchev–Trinajstić information content (AvgIpc) is 2.20. The van der Waals surface area contributed by atoms with Gasteiger partial charge in [-0.15, -0.1) is 0 Å². The Morgan fingerprint density at radius 1 is 1.53 bits per heavy atom. The summed E-state index contributed by atoms with van der Waals surface area (Å²) in [6.07, 6.45) is 0. The number of nitrogen functional groups attached to an aromatic ring is 1. The fourth-order valence-electron chi connectivity index (χ4n) is 1.00.